The normalized spacial score (nSPS) is 39.4. The van der Waals surface area contributed by atoms with Crippen molar-refractivity contribution in [2.75, 3.05) is 32.7 Å². The summed E-state index contributed by atoms with van der Waals surface area (Å²) in [5, 5.41) is 9.29. The van der Waals surface area contributed by atoms with Crippen LogP contribution in [0.1, 0.15) is 44.9 Å². The second-order valence-corrected chi connectivity index (χ2v) is 7.02. The van der Waals surface area contributed by atoms with E-state index in [2.05, 4.69) is 15.9 Å². The Labute approximate surface area is 122 Å². The van der Waals surface area contributed by atoms with Crippen molar-refractivity contribution in [3.05, 3.63) is 0 Å². The highest BCUT2D eigenvalue weighted by atomic mass is 15.3. The lowest BCUT2D eigenvalue weighted by Gasteiger charge is -2.44. The summed E-state index contributed by atoms with van der Waals surface area (Å²) in [7, 11) is 0. The first kappa shape index (κ1) is 14.3. The molecule has 0 radical (unpaired) electrons. The molecule has 0 spiro atoms. The van der Waals surface area contributed by atoms with E-state index in [1.807, 2.05) is 0 Å². The van der Waals surface area contributed by atoms with E-state index in [9.17, 15) is 5.26 Å². The van der Waals surface area contributed by atoms with E-state index in [1.54, 1.807) is 0 Å². The van der Waals surface area contributed by atoms with E-state index in [0.29, 0.717) is 5.92 Å². The standard InChI is InChI=1S/C16H28N4/c17-13-16(18)7-3-4-14(16)6-9-19-10-11-20-8-2-1-5-15(20)12-19/h14-15H,1-12,18H2. The zero-order valence-electron chi connectivity index (χ0n) is 12.6. The van der Waals surface area contributed by atoms with Crippen molar-refractivity contribution >= 4 is 0 Å². The Hall–Kier alpha value is -0.630. The van der Waals surface area contributed by atoms with Crippen molar-refractivity contribution in [1.29, 1.82) is 5.26 Å². The van der Waals surface area contributed by atoms with Gasteiger partial charge in [-0.25, -0.2) is 0 Å². The number of hydrogen-bond acceptors (Lipinski definition) is 4. The minimum Gasteiger partial charge on any atom is -0.313 e. The third-order valence-corrected chi connectivity index (χ3v) is 5.79. The minimum absolute atomic E-state index is 0.414. The molecule has 0 amide bonds. The highest BCUT2D eigenvalue weighted by molar-refractivity contribution is 5.12. The Morgan fingerprint density at radius 3 is 2.90 bits per heavy atom. The van der Waals surface area contributed by atoms with Crippen LogP contribution in [-0.4, -0.2) is 54.1 Å². The van der Waals surface area contributed by atoms with Gasteiger partial charge >= 0.3 is 0 Å². The highest BCUT2D eigenvalue weighted by Gasteiger charge is 2.39. The van der Waals surface area contributed by atoms with Crippen LogP contribution in [0.25, 0.3) is 0 Å². The van der Waals surface area contributed by atoms with Gasteiger partial charge in [0.2, 0.25) is 0 Å². The molecule has 1 aliphatic carbocycles. The van der Waals surface area contributed by atoms with Crippen LogP contribution in [0.2, 0.25) is 0 Å². The van der Waals surface area contributed by atoms with Crippen LogP contribution in [0.5, 0.6) is 0 Å². The molecule has 4 heteroatoms. The molecule has 112 valence electrons. The van der Waals surface area contributed by atoms with Crippen molar-refractivity contribution in [3.8, 4) is 6.07 Å². The Kier molecular flexibility index (Phi) is 4.30. The molecular weight excluding hydrogens is 248 g/mol. The van der Waals surface area contributed by atoms with E-state index in [1.165, 1.54) is 45.4 Å². The van der Waals surface area contributed by atoms with Crippen LogP contribution in [-0.2, 0) is 0 Å². The molecule has 3 rings (SSSR count). The molecule has 2 aliphatic heterocycles. The van der Waals surface area contributed by atoms with Crippen molar-refractivity contribution in [2.24, 2.45) is 11.7 Å². The molecule has 0 aromatic rings. The van der Waals surface area contributed by atoms with Gasteiger partial charge in [-0.3, -0.25) is 4.90 Å². The van der Waals surface area contributed by atoms with E-state index in [4.69, 9.17) is 5.73 Å². The van der Waals surface area contributed by atoms with Crippen molar-refractivity contribution in [2.45, 2.75) is 56.5 Å². The molecule has 2 saturated heterocycles. The van der Waals surface area contributed by atoms with Crippen LogP contribution < -0.4 is 5.73 Å². The van der Waals surface area contributed by atoms with Gasteiger partial charge in [0.25, 0.3) is 0 Å². The Bertz CT molecular complexity index is 377. The van der Waals surface area contributed by atoms with Gasteiger partial charge in [0.05, 0.1) is 6.07 Å². The molecule has 2 N–H and O–H groups in total. The maximum atomic E-state index is 9.29. The molecule has 0 aromatic carbocycles. The van der Waals surface area contributed by atoms with Crippen LogP contribution in [0.4, 0.5) is 0 Å². The predicted molar refractivity (Wildman–Crippen MR) is 80.1 cm³/mol. The van der Waals surface area contributed by atoms with Gasteiger partial charge in [0.1, 0.15) is 5.54 Å². The predicted octanol–water partition coefficient (Wildman–Crippen LogP) is 1.57. The van der Waals surface area contributed by atoms with Crippen LogP contribution in [0, 0.1) is 17.2 Å². The lowest BCUT2D eigenvalue weighted by Crippen LogP contribution is -2.55. The first-order valence-electron chi connectivity index (χ1n) is 8.38. The van der Waals surface area contributed by atoms with Crippen molar-refractivity contribution < 1.29 is 0 Å². The number of nitrogens with zero attached hydrogens (tertiary/aromatic N) is 3. The first-order valence-corrected chi connectivity index (χ1v) is 8.38. The molecular formula is C16H28N4. The van der Waals surface area contributed by atoms with E-state index in [-0.39, 0.29) is 0 Å². The fourth-order valence-electron chi connectivity index (χ4n) is 4.41. The third kappa shape index (κ3) is 2.86. The zero-order valence-corrected chi connectivity index (χ0v) is 12.6. The van der Waals surface area contributed by atoms with E-state index < -0.39 is 5.54 Å². The summed E-state index contributed by atoms with van der Waals surface area (Å²) in [6.07, 6.45) is 8.44. The topological polar surface area (TPSA) is 56.3 Å². The highest BCUT2D eigenvalue weighted by Crippen LogP contribution is 2.35. The molecule has 3 aliphatic rings. The fourth-order valence-corrected chi connectivity index (χ4v) is 4.41. The second-order valence-electron chi connectivity index (χ2n) is 7.02. The Morgan fingerprint density at radius 2 is 2.05 bits per heavy atom. The zero-order chi connectivity index (χ0) is 14.0. The molecule has 3 atom stereocenters. The molecule has 20 heavy (non-hydrogen) atoms. The minimum atomic E-state index is -0.535. The molecule has 2 heterocycles. The smallest absolute Gasteiger partial charge is 0.107 e. The van der Waals surface area contributed by atoms with Crippen LogP contribution in [0.15, 0.2) is 0 Å². The fraction of sp³-hybridized carbons (Fsp3) is 0.938. The number of piperazine rings is 1. The largest absolute Gasteiger partial charge is 0.313 e. The van der Waals surface area contributed by atoms with Crippen molar-refractivity contribution in [3.63, 3.8) is 0 Å². The Morgan fingerprint density at radius 1 is 1.15 bits per heavy atom. The molecule has 4 nitrogen and oxygen atoms in total. The van der Waals surface area contributed by atoms with E-state index >= 15 is 0 Å². The molecule has 1 saturated carbocycles. The number of hydrogen-bond donors (Lipinski definition) is 1. The lowest BCUT2D eigenvalue weighted by molar-refractivity contribution is 0.0460. The maximum Gasteiger partial charge on any atom is 0.107 e. The summed E-state index contributed by atoms with van der Waals surface area (Å²) in [4.78, 5) is 5.29. The summed E-state index contributed by atoms with van der Waals surface area (Å²) in [5.41, 5.74) is 5.70. The SMILES string of the molecule is N#CC1(N)CCCC1CCN1CCN2CCCCC2C1. The monoisotopic (exact) mass is 276 g/mol. The van der Waals surface area contributed by atoms with Gasteiger partial charge in [-0.2, -0.15) is 5.26 Å². The van der Waals surface area contributed by atoms with Gasteiger partial charge in [-0.1, -0.05) is 12.8 Å². The number of fused-ring (bicyclic) bond motifs is 1. The van der Waals surface area contributed by atoms with Gasteiger partial charge in [0, 0.05) is 25.7 Å². The van der Waals surface area contributed by atoms with Crippen LogP contribution >= 0.6 is 0 Å². The number of nitriles is 1. The van der Waals surface area contributed by atoms with Gasteiger partial charge in [-0.05, 0) is 51.1 Å². The number of nitrogens with two attached hydrogens (primary N) is 1. The number of piperidine rings is 1. The average molecular weight is 276 g/mol. The van der Waals surface area contributed by atoms with Gasteiger partial charge in [0.15, 0.2) is 0 Å². The maximum absolute atomic E-state index is 9.29. The summed E-state index contributed by atoms with van der Waals surface area (Å²) in [6, 6.07) is 3.17. The first-order chi connectivity index (χ1) is 9.71. The summed E-state index contributed by atoms with van der Waals surface area (Å²) in [5.74, 6) is 0.414. The third-order valence-electron chi connectivity index (χ3n) is 5.79. The molecule has 0 aromatic heterocycles. The second kappa shape index (κ2) is 6.01. The Balaban J connectivity index is 1.48. The summed E-state index contributed by atoms with van der Waals surface area (Å²) >= 11 is 0. The van der Waals surface area contributed by atoms with Crippen LogP contribution in [0.3, 0.4) is 0 Å². The van der Waals surface area contributed by atoms with Gasteiger partial charge < -0.3 is 10.6 Å². The summed E-state index contributed by atoms with van der Waals surface area (Å²) in [6.45, 7) is 6.11. The van der Waals surface area contributed by atoms with Crippen molar-refractivity contribution in [1.82, 2.24) is 9.80 Å². The quantitative estimate of drug-likeness (QED) is 0.850. The van der Waals surface area contributed by atoms with Gasteiger partial charge in [-0.15, -0.1) is 0 Å². The summed E-state index contributed by atoms with van der Waals surface area (Å²) < 4.78 is 0. The lowest BCUT2D eigenvalue weighted by atomic mass is 9.87. The molecule has 3 unspecified atom stereocenters. The molecule has 0 bridgehead atoms. The van der Waals surface area contributed by atoms with E-state index in [0.717, 1.165) is 38.3 Å². The average Bonchev–Trinajstić information content (AvgIpc) is 2.87. The molecule has 3 fully saturated rings. The number of rotatable bonds is 3.